The van der Waals surface area contributed by atoms with Crippen LogP contribution in [-0.4, -0.2) is 35.1 Å². The number of aromatic nitrogens is 1. The van der Waals surface area contributed by atoms with E-state index in [1.807, 2.05) is 36.4 Å². The minimum Gasteiger partial charge on any atom is -0.431 e. The van der Waals surface area contributed by atoms with Crippen LogP contribution < -0.4 is 0 Å². The molecule has 6 heteroatoms. The van der Waals surface area contributed by atoms with Crippen molar-refractivity contribution in [3.8, 4) is 17.4 Å². The molecule has 2 rings (SSSR count). The summed E-state index contributed by atoms with van der Waals surface area (Å²) >= 11 is 1.25. The van der Waals surface area contributed by atoms with Gasteiger partial charge in [-0.25, -0.2) is 4.98 Å². The van der Waals surface area contributed by atoms with Crippen molar-refractivity contribution in [1.29, 1.82) is 5.26 Å². The van der Waals surface area contributed by atoms with Crippen molar-refractivity contribution < 1.29 is 9.21 Å². The first kappa shape index (κ1) is 15.1. The first-order valence-corrected chi connectivity index (χ1v) is 7.44. The van der Waals surface area contributed by atoms with Crippen LogP contribution in [-0.2, 0) is 4.79 Å². The van der Waals surface area contributed by atoms with Gasteiger partial charge in [-0.05, 0) is 0 Å². The Hall–Kier alpha value is -2.26. The first-order chi connectivity index (χ1) is 10.2. The minimum atomic E-state index is -0.0466. The van der Waals surface area contributed by atoms with Gasteiger partial charge in [-0.15, -0.1) is 0 Å². The standard InChI is InChI=1S/C15H15N3O2S/c1-18(9-5-8-16)14(19)11-21-15-17-10-13(20-15)12-6-3-2-4-7-12/h2-4,6-7,10H,5,9,11H2,1H3. The largest absolute Gasteiger partial charge is 0.431 e. The maximum atomic E-state index is 11.8. The molecule has 0 fully saturated rings. The molecule has 0 N–H and O–H groups in total. The van der Waals surface area contributed by atoms with Crippen LogP contribution in [0.2, 0.25) is 0 Å². The van der Waals surface area contributed by atoms with E-state index in [1.54, 1.807) is 13.2 Å². The first-order valence-electron chi connectivity index (χ1n) is 6.45. The summed E-state index contributed by atoms with van der Waals surface area (Å²) in [5, 5.41) is 8.97. The Balaban J connectivity index is 1.89. The molecule has 0 radical (unpaired) electrons. The molecule has 0 aliphatic carbocycles. The molecule has 0 saturated carbocycles. The van der Waals surface area contributed by atoms with Crippen LogP contribution in [0.1, 0.15) is 6.42 Å². The molecule has 21 heavy (non-hydrogen) atoms. The number of oxazole rings is 1. The van der Waals surface area contributed by atoms with Crippen LogP contribution in [0.4, 0.5) is 0 Å². The third-order valence-corrected chi connectivity index (χ3v) is 3.67. The molecule has 2 aromatic rings. The normalized spacial score (nSPS) is 10.1. The fraction of sp³-hybridized carbons (Fsp3) is 0.267. The average Bonchev–Trinajstić information content (AvgIpc) is 3.00. The molecule has 0 aliphatic heterocycles. The molecular weight excluding hydrogens is 286 g/mol. The zero-order valence-corrected chi connectivity index (χ0v) is 12.5. The molecule has 1 aromatic heterocycles. The zero-order chi connectivity index (χ0) is 15.1. The fourth-order valence-corrected chi connectivity index (χ4v) is 2.38. The molecule has 0 saturated heterocycles. The van der Waals surface area contributed by atoms with Crippen LogP contribution in [0.15, 0.2) is 46.2 Å². The molecule has 1 amide bonds. The second kappa shape index (κ2) is 7.50. The number of rotatable bonds is 6. The maximum Gasteiger partial charge on any atom is 0.256 e. The van der Waals surface area contributed by atoms with E-state index in [0.29, 0.717) is 23.9 Å². The van der Waals surface area contributed by atoms with Gasteiger partial charge in [-0.2, -0.15) is 5.26 Å². The highest BCUT2D eigenvalue weighted by Gasteiger charge is 2.12. The van der Waals surface area contributed by atoms with Crippen LogP contribution >= 0.6 is 11.8 Å². The molecule has 1 heterocycles. The van der Waals surface area contributed by atoms with Crippen molar-refractivity contribution in [2.75, 3.05) is 19.3 Å². The van der Waals surface area contributed by atoms with E-state index >= 15 is 0 Å². The van der Waals surface area contributed by atoms with E-state index in [0.717, 1.165) is 5.56 Å². The summed E-state index contributed by atoms with van der Waals surface area (Å²) in [7, 11) is 1.69. The second-order valence-electron chi connectivity index (χ2n) is 4.37. The predicted molar refractivity (Wildman–Crippen MR) is 80.5 cm³/mol. The summed E-state index contributed by atoms with van der Waals surface area (Å²) in [6, 6.07) is 11.7. The Labute approximate surface area is 127 Å². The van der Waals surface area contributed by atoms with Gasteiger partial charge in [0.05, 0.1) is 24.4 Å². The molecule has 0 spiro atoms. The quantitative estimate of drug-likeness (QED) is 0.767. The maximum absolute atomic E-state index is 11.8. The molecule has 0 bridgehead atoms. The number of benzene rings is 1. The van der Waals surface area contributed by atoms with Gasteiger partial charge in [0.15, 0.2) is 5.76 Å². The Bertz CT molecular complexity index is 634. The third-order valence-electron chi connectivity index (χ3n) is 2.85. The topological polar surface area (TPSA) is 70.1 Å². The molecular formula is C15H15N3O2S. The van der Waals surface area contributed by atoms with Gasteiger partial charge in [0.2, 0.25) is 5.91 Å². The van der Waals surface area contributed by atoms with Crippen molar-refractivity contribution in [3.63, 3.8) is 0 Å². The van der Waals surface area contributed by atoms with Gasteiger partial charge in [-0.3, -0.25) is 4.79 Å². The van der Waals surface area contributed by atoms with E-state index in [4.69, 9.17) is 9.68 Å². The van der Waals surface area contributed by atoms with Crippen molar-refractivity contribution in [1.82, 2.24) is 9.88 Å². The smallest absolute Gasteiger partial charge is 0.256 e. The Kier molecular flexibility index (Phi) is 5.41. The predicted octanol–water partition coefficient (Wildman–Crippen LogP) is 2.81. The van der Waals surface area contributed by atoms with E-state index in [-0.39, 0.29) is 11.7 Å². The lowest BCUT2D eigenvalue weighted by molar-refractivity contribution is -0.127. The average molecular weight is 301 g/mol. The molecule has 108 valence electrons. The second-order valence-corrected chi connectivity index (χ2v) is 5.30. The molecule has 0 aliphatic rings. The van der Waals surface area contributed by atoms with Gasteiger partial charge in [-0.1, -0.05) is 42.1 Å². The lowest BCUT2D eigenvalue weighted by atomic mass is 10.2. The molecule has 0 unspecified atom stereocenters. The Morgan fingerprint density at radius 1 is 1.43 bits per heavy atom. The van der Waals surface area contributed by atoms with Gasteiger partial charge in [0.25, 0.3) is 5.22 Å². The SMILES string of the molecule is CN(CCC#N)C(=O)CSc1ncc(-c2ccccc2)o1. The highest BCUT2D eigenvalue weighted by Crippen LogP contribution is 2.25. The number of carbonyl (C=O) groups excluding carboxylic acids is 1. The lowest BCUT2D eigenvalue weighted by Gasteiger charge is -2.14. The summed E-state index contributed by atoms with van der Waals surface area (Å²) in [5.74, 6) is 0.884. The molecule has 0 atom stereocenters. The summed E-state index contributed by atoms with van der Waals surface area (Å²) in [6.07, 6.45) is 1.99. The Morgan fingerprint density at radius 3 is 2.90 bits per heavy atom. The van der Waals surface area contributed by atoms with Crippen LogP contribution in [0.3, 0.4) is 0 Å². The number of thioether (sulfide) groups is 1. The third kappa shape index (κ3) is 4.36. The van der Waals surface area contributed by atoms with Gasteiger partial charge in [0, 0.05) is 19.2 Å². The summed E-state index contributed by atoms with van der Waals surface area (Å²) < 4.78 is 5.61. The van der Waals surface area contributed by atoms with Crippen molar-refractivity contribution >= 4 is 17.7 Å². The van der Waals surface area contributed by atoms with Crippen molar-refractivity contribution in [2.45, 2.75) is 11.6 Å². The highest BCUT2D eigenvalue weighted by molar-refractivity contribution is 7.99. The zero-order valence-electron chi connectivity index (χ0n) is 11.7. The van der Waals surface area contributed by atoms with Crippen molar-refractivity contribution in [3.05, 3.63) is 36.5 Å². The van der Waals surface area contributed by atoms with Crippen LogP contribution in [0.25, 0.3) is 11.3 Å². The van der Waals surface area contributed by atoms with E-state index < -0.39 is 0 Å². The Morgan fingerprint density at radius 2 is 2.19 bits per heavy atom. The van der Waals surface area contributed by atoms with E-state index in [2.05, 4.69) is 4.98 Å². The minimum absolute atomic E-state index is 0.0466. The number of nitrogens with zero attached hydrogens (tertiary/aromatic N) is 3. The summed E-state index contributed by atoms with van der Waals surface area (Å²) in [6.45, 7) is 0.441. The number of carbonyl (C=O) groups is 1. The molecule has 5 nitrogen and oxygen atoms in total. The highest BCUT2D eigenvalue weighted by atomic mass is 32.2. The lowest BCUT2D eigenvalue weighted by Crippen LogP contribution is -2.29. The summed E-state index contributed by atoms with van der Waals surface area (Å²) in [5.41, 5.74) is 0.953. The monoisotopic (exact) mass is 301 g/mol. The van der Waals surface area contributed by atoms with Gasteiger partial charge in [0.1, 0.15) is 0 Å². The van der Waals surface area contributed by atoms with Gasteiger partial charge >= 0.3 is 0 Å². The van der Waals surface area contributed by atoms with Gasteiger partial charge < -0.3 is 9.32 Å². The number of hydrogen-bond acceptors (Lipinski definition) is 5. The number of amides is 1. The number of hydrogen-bond donors (Lipinski definition) is 0. The summed E-state index contributed by atoms with van der Waals surface area (Å²) in [4.78, 5) is 17.5. The molecule has 1 aromatic carbocycles. The van der Waals surface area contributed by atoms with Crippen LogP contribution in [0, 0.1) is 11.3 Å². The van der Waals surface area contributed by atoms with E-state index in [1.165, 1.54) is 16.7 Å². The van der Waals surface area contributed by atoms with Crippen LogP contribution in [0.5, 0.6) is 0 Å². The fourth-order valence-electron chi connectivity index (χ4n) is 1.64. The number of nitriles is 1. The van der Waals surface area contributed by atoms with E-state index in [9.17, 15) is 4.79 Å². The van der Waals surface area contributed by atoms with Crippen molar-refractivity contribution in [2.24, 2.45) is 0 Å².